The third-order valence-electron chi connectivity index (χ3n) is 3.23. The van der Waals surface area contributed by atoms with Crippen LogP contribution in [0.4, 0.5) is 0 Å². The molecule has 0 saturated heterocycles. The third kappa shape index (κ3) is 4.96. The van der Waals surface area contributed by atoms with Crippen molar-refractivity contribution in [2.45, 2.75) is 64.6 Å². The number of likely N-dealkylation sites (N-methyl/N-ethyl adjacent to an activating group) is 1. The molecule has 3 N–H and O–H groups in total. The average Bonchev–Trinajstić information content (AvgIpc) is 2.19. The zero-order chi connectivity index (χ0) is 11.8. The van der Waals surface area contributed by atoms with Gasteiger partial charge in [0.05, 0.1) is 6.61 Å². The van der Waals surface area contributed by atoms with Crippen LogP contribution in [0.25, 0.3) is 0 Å². The molecule has 0 heterocycles. The quantitative estimate of drug-likeness (QED) is 0.648. The number of aliphatic hydroxyl groups excluding tert-OH is 1. The van der Waals surface area contributed by atoms with E-state index in [1.54, 1.807) is 0 Å². The molecule has 0 aliphatic carbocycles. The first-order valence-corrected chi connectivity index (χ1v) is 6.16. The Labute approximate surface area is 94.6 Å². The lowest BCUT2D eigenvalue weighted by Gasteiger charge is -2.35. The lowest BCUT2D eigenvalue weighted by Crippen LogP contribution is -2.51. The van der Waals surface area contributed by atoms with Crippen molar-refractivity contribution in [2.75, 3.05) is 13.7 Å². The molecule has 0 bridgehead atoms. The molecule has 0 aliphatic heterocycles. The van der Waals surface area contributed by atoms with Crippen molar-refractivity contribution < 1.29 is 5.11 Å². The molecule has 0 aromatic heterocycles. The smallest absolute Gasteiger partial charge is 0.0601 e. The second-order valence-electron chi connectivity index (χ2n) is 4.51. The molecule has 0 aromatic carbocycles. The molecule has 0 spiro atoms. The van der Waals surface area contributed by atoms with E-state index in [1.165, 1.54) is 6.42 Å². The topological polar surface area (TPSA) is 49.5 Å². The van der Waals surface area contributed by atoms with Crippen LogP contribution in [0.1, 0.15) is 46.5 Å². The van der Waals surface area contributed by atoms with Gasteiger partial charge in [0.25, 0.3) is 0 Å². The van der Waals surface area contributed by atoms with Gasteiger partial charge in [-0.2, -0.15) is 0 Å². The summed E-state index contributed by atoms with van der Waals surface area (Å²) in [5.41, 5.74) is 6.07. The SMILES string of the molecule is CCCC(N)C(CO)N(C)C(C)CCC. The molecule has 0 amide bonds. The number of nitrogens with zero attached hydrogens (tertiary/aromatic N) is 1. The minimum atomic E-state index is 0.0873. The Morgan fingerprint density at radius 3 is 2.13 bits per heavy atom. The van der Waals surface area contributed by atoms with Crippen LogP contribution in [0.2, 0.25) is 0 Å². The van der Waals surface area contributed by atoms with Gasteiger partial charge >= 0.3 is 0 Å². The minimum Gasteiger partial charge on any atom is -0.395 e. The molecule has 3 unspecified atom stereocenters. The van der Waals surface area contributed by atoms with Crippen molar-refractivity contribution in [1.82, 2.24) is 4.90 Å². The molecule has 0 saturated carbocycles. The molecule has 3 atom stereocenters. The van der Waals surface area contributed by atoms with Crippen molar-refractivity contribution in [2.24, 2.45) is 5.73 Å². The molecular weight excluding hydrogens is 188 g/mol. The predicted octanol–water partition coefficient (Wildman–Crippen LogP) is 1.60. The Kier molecular flexibility index (Phi) is 8.02. The van der Waals surface area contributed by atoms with Crippen LogP contribution in [-0.2, 0) is 0 Å². The Balaban J connectivity index is 4.24. The zero-order valence-corrected chi connectivity index (χ0v) is 10.7. The maximum atomic E-state index is 9.39. The van der Waals surface area contributed by atoms with E-state index in [0.717, 1.165) is 19.3 Å². The van der Waals surface area contributed by atoms with E-state index < -0.39 is 0 Å². The van der Waals surface area contributed by atoms with Gasteiger partial charge in [0.2, 0.25) is 0 Å². The summed E-state index contributed by atoms with van der Waals surface area (Å²) in [6.45, 7) is 6.67. The second-order valence-corrected chi connectivity index (χ2v) is 4.51. The summed E-state index contributed by atoms with van der Waals surface area (Å²) in [6.07, 6.45) is 4.39. The Bertz CT molecular complexity index is 153. The van der Waals surface area contributed by atoms with E-state index >= 15 is 0 Å². The van der Waals surface area contributed by atoms with E-state index in [2.05, 4.69) is 32.7 Å². The highest BCUT2D eigenvalue weighted by Gasteiger charge is 2.23. The van der Waals surface area contributed by atoms with E-state index in [1.807, 2.05) is 0 Å². The first-order chi connectivity index (χ1) is 7.08. The molecule has 15 heavy (non-hydrogen) atoms. The minimum absolute atomic E-state index is 0.0873. The third-order valence-corrected chi connectivity index (χ3v) is 3.23. The van der Waals surface area contributed by atoms with Crippen molar-refractivity contribution in [3.05, 3.63) is 0 Å². The highest BCUT2D eigenvalue weighted by atomic mass is 16.3. The normalized spacial score (nSPS) is 17.8. The van der Waals surface area contributed by atoms with E-state index in [0.29, 0.717) is 6.04 Å². The molecule has 92 valence electrons. The summed E-state index contributed by atoms with van der Waals surface area (Å²) in [7, 11) is 2.07. The van der Waals surface area contributed by atoms with Crippen molar-refractivity contribution in [1.29, 1.82) is 0 Å². The van der Waals surface area contributed by atoms with Crippen LogP contribution in [-0.4, -0.2) is 41.8 Å². The van der Waals surface area contributed by atoms with Gasteiger partial charge in [0.15, 0.2) is 0 Å². The van der Waals surface area contributed by atoms with Gasteiger partial charge in [0.1, 0.15) is 0 Å². The lowest BCUT2D eigenvalue weighted by atomic mass is 10.0. The summed E-state index contributed by atoms with van der Waals surface area (Å²) in [5, 5.41) is 9.39. The molecule has 0 aromatic rings. The number of aliphatic hydroxyl groups is 1. The lowest BCUT2D eigenvalue weighted by molar-refractivity contribution is 0.0906. The Hall–Kier alpha value is -0.120. The standard InChI is InChI=1S/C12H28N2O/c1-5-7-10(3)14(4)12(9-15)11(13)8-6-2/h10-12,15H,5-9,13H2,1-4H3. The largest absolute Gasteiger partial charge is 0.395 e. The number of hydrogen-bond donors (Lipinski definition) is 2. The monoisotopic (exact) mass is 216 g/mol. The zero-order valence-electron chi connectivity index (χ0n) is 10.7. The van der Waals surface area contributed by atoms with Crippen LogP contribution in [0.3, 0.4) is 0 Å². The first-order valence-electron chi connectivity index (χ1n) is 6.16. The summed E-state index contributed by atoms with van der Waals surface area (Å²) in [6, 6.07) is 0.686. The number of rotatable bonds is 8. The summed E-state index contributed by atoms with van der Waals surface area (Å²) in [4.78, 5) is 2.23. The van der Waals surface area contributed by atoms with E-state index in [4.69, 9.17) is 5.73 Å². The molecular formula is C12H28N2O. The van der Waals surface area contributed by atoms with E-state index in [-0.39, 0.29) is 18.7 Å². The maximum absolute atomic E-state index is 9.39. The predicted molar refractivity (Wildman–Crippen MR) is 65.9 cm³/mol. The maximum Gasteiger partial charge on any atom is 0.0601 e. The fourth-order valence-corrected chi connectivity index (χ4v) is 2.04. The highest BCUT2D eigenvalue weighted by Crippen LogP contribution is 2.12. The van der Waals surface area contributed by atoms with Gasteiger partial charge in [-0.3, -0.25) is 4.90 Å². The highest BCUT2D eigenvalue weighted by molar-refractivity contribution is 4.82. The fourth-order valence-electron chi connectivity index (χ4n) is 2.04. The molecule has 0 rings (SSSR count). The van der Waals surface area contributed by atoms with Crippen LogP contribution in [0.15, 0.2) is 0 Å². The Morgan fingerprint density at radius 2 is 1.73 bits per heavy atom. The average molecular weight is 216 g/mol. The number of nitrogens with two attached hydrogens (primary N) is 1. The van der Waals surface area contributed by atoms with Gasteiger partial charge in [-0.15, -0.1) is 0 Å². The second kappa shape index (κ2) is 8.08. The summed E-state index contributed by atoms with van der Waals surface area (Å²) < 4.78 is 0. The molecule has 3 nitrogen and oxygen atoms in total. The van der Waals surface area contributed by atoms with Gasteiger partial charge < -0.3 is 10.8 Å². The van der Waals surface area contributed by atoms with Crippen LogP contribution >= 0.6 is 0 Å². The van der Waals surface area contributed by atoms with Gasteiger partial charge in [-0.05, 0) is 26.8 Å². The molecule has 0 radical (unpaired) electrons. The van der Waals surface area contributed by atoms with Gasteiger partial charge in [-0.25, -0.2) is 0 Å². The van der Waals surface area contributed by atoms with Crippen molar-refractivity contribution in [3.63, 3.8) is 0 Å². The summed E-state index contributed by atoms with van der Waals surface area (Å²) >= 11 is 0. The van der Waals surface area contributed by atoms with Crippen LogP contribution in [0, 0.1) is 0 Å². The Morgan fingerprint density at radius 1 is 1.20 bits per heavy atom. The molecule has 0 aliphatic rings. The fraction of sp³-hybridized carbons (Fsp3) is 1.00. The van der Waals surface area contributed by atoms with Gasteiger partial charge in [0, 0.05) is 18.1 Å². The van der Waals surface area contributed by atoms with Crippen LogP contribution in [0.5, 0.6) is 0 Å². The summed E-state index contributed by atoms with van der Waals surface area (Å²) in [5.74, 6) is 0. The van der Waals surface area contributed by atoms with Crippen LogP contribution < -0.4 is 5.73 Å². The molecule has 0 fully saturated rings. The molecule has 3 heteroatoms. The number of hydrogen-bond acceptors (Lipinski definition) is 3. The van der Waals surface area contributed by atoms with E-state index in [9.17, 15) is 5.11 Å². The van der Waals surface area contributed by atoms with Crippen molar-refractivity contribution in [3.8, 4) is 0 Å². The van der Waals surface area contributed by atoms with Crippen molar-refractivity contribution >= 4 is 0 Å². The first kappa shape index (κ1) is 14.9. The van der Waals surface area contributed by atoms with Gasteiger partial charge in [-0.1, -0.05) is 26.7 Å².